The van der Waals surface area contributed by atoms with E-state index in [4.69, 9.17) is 4.74 Å². The predicted octanol–water partition coefficient (Wildman–Crippen LogP) is 2.81. The molecule has 1 fully saturated rings. The molecule has 152 valence electrons. The number of benzene rings is 2. The number of sulfonamides is 2. The second kappa shape index (κ2) is 8.06. The molecule has 0 atom stereocenters. The molecule has 0 bridgehead atoms. The summed E-state index contributed by atoms with van der Waals surface area (Å²) in [4.78, 5) is -0.360. The molecule has 28 heavy (non-hydrogen) atoms. The third-order valence-corrected chi connectivity index (χ3v) is 7.58. The maximum atomic E-state index is 13.4. The Kier molecular flexibility index (Phi) is 5.92. The number of halogens is 1. The Bertz CT molecular complexity index is 1070. The Morgan fingerprint density at radius 2 is 1.79 bits per heavy atom. The van der Waals surface area contributed by atoms with Crippen molar-refractivity contribution in [2.24, 2.45) is 0 Å². The number of nitrogens with one attached hydrogen (secondary N) is 1. The van der Waals surface area contributed by atoms with E-state index in [-0.39, 0.29) is 27.8 Å². The first-order chi connectivity index (χ1) is 13.2. The maximum Gasteiger partial charge on any atom is 0.261 e. The molecule has 1 saturated heterocycles. The molecule has 2 aromatic rings. The molecule has 1 aliphatic heterocycles. The highest BCUT2D eigenvalue weighted by molar-refractivity contribution is 7.92. The predicted molar refractivity (Wildman–Crippen MR) is 103 cm³/mol. The summed E-state index contributed by atoms with van der Waals surface area (Å²) >= 11 is 0. The molecule has 10 heteroatoms. The van der Waals surface area contributed by atoms with E-state index >= 15 is 0 Å². The monoisotopic (exact) mass is 428 g/mol. The Morgan fingerprint density at radius 1 is 1.07 bits per heavy atom. The molecule has 7 nitrogen and oxygen atoms in total. The minimum Gasteiger partial charge on any atom is -0.492 e. The largest absolute Gasteiger partial charge is 0.492 e. The van der Waals surface area contributed by atoms with E-state index in [9.17, 15) is 21.2 Å². The SMILES string of the molecule is CCOc1ccc(NS(=O)(=O)c2cccc(F)c2)cc1S(=O)(=O)N1CCCC1. The van der Waals surface area contributed by atoms with E-state index in [0.717, 1.165) is 25.0 Å². The van der Waals surface area contributed by atoms with Crippen LogP contribution in [0.2, 0.25) is 0 Å². The van der Waals surface area contributed by atoms with Crippen molar-refractivity contribution < 1.29 is 26.0 Å². The van der Waals surface area contributed by atoms with Crippen molar-refractivity contribution in [3.05, 3.63) is 48.3 Å². The zero-order valence-electron chi connectivity index (χ0n) is 15.3. The Hall–Kier alpha value is -2.17. The third kappa shape index (κ3) is 4.29. The van der Waals surface area contributed by atoms with Gasteiger partial charge in [-0.25, -0.2) is 21.2 Å². The van der Waals surface area contributed by atoms with Crippen LogP contribution in [0.4, 0.5) is 10.1 Å². The quantitative estimate of drug-likeness (QED) is 0.732. The highest BCUT2D eigenvalue weighted by Gasteiger charge is 2.30. The fourth-order valence-electron chi connectivity index (χ4n) is 2.96. The van der Waals surface area contributed by atoms with E-state index < -0.39 is 25.9 Å². The first-order valence-corrected chi connectivity index (χ1v) is 11.7. The number of ether oxygens (including phenoxy) is 1. The molecule has 2 aromatic carbocycles. The average Bonchev–Trinajstić information content (AvgIpc) is 3.18. The summed E-state index contributed by atoms with van der Waals surface area (Å²) in [6.45, 7) is 2.81. The normalized spacial score (nSPS) is 15.5. The number of nitrogens with zero attached hydrogens (tertiary/aromatic N) is 1. The van der Waals surface area contributed by atoms with Crippen molar-refractivity contribution in [3.63, 3.8) is 0 Å². The van der Waals surface area contributed by atoms with E-state index in [1.54, 1.807) is 6.92 Å². The first kappa shape index (κ1) is 20.6. The van der Waals surface area contributed by atoms with Gasteiger partial charge in [-0.3, -0.25) is 4.72 Å². The highest BCUT2D eigenvalue weighted by atomic mass is 32.2. The lowest BCUT2D eigenvalue weighted by atomic mass is 10.3. The topological polar surface area (TPSA) is 92.8 Å². The van der Waals surface area contributed by atoms with Gasteiger partial charge in [-0.2, -0.15) is 4.31 Å². The molecule has 1 heterocycles. The molecule has 0 aliphatic carbocycles. The third-order valence-electron chi connectivity index (χ3n) is 4.29. The van der Waals surface area contributed by atoms with Crippen molar-refractivity contribution in [1.29, 1.82) is 0 Å². The minimum absolute atomic E-state index is 0.0467. The van der Waals surface area contributed by atoms with Crippen LogP contribution >= 0.6 is 0 Å². The second-order valence-corrected chi connectivity index (χ2v) is 9.86. The van der Waals surface area contributed by atoms with Crippen LogP contribution in [-0.2, 0) is 20.0 Å². The van der Waals surface area contributed by atoms with Gasteiger partial charge in [-0.1, -0.05) is 6.07 Å². The summed E-state index contributed by atoms with van der Waals surface area (Å²) in [6.07, 6.45) is 1.55. The minimum atomic E-state index is -4.08. The summed E-state index contributed by atoms with van der Waals surface area (Å²) in [5.41, 5.74) is 0.0467. The summed E-state index contributed by atoms with van der Waals surface area (Å²) in [5.74, 6) is -0.532. The molecule has 0 spiro atoms. The van der Waals surface area contributed by atoms with Gasteiger partial charge >= 0.3 is 0 Å². The molecular formula is C18H21FN2O5S2. The molecule has 0 unspecified atom stereocenters. The van der Waals surface area contributed by atoms with Gasteiger partial charge in [-0.15, -0.1) is 0 Å². The number of rotatable bonds is 7. The van der Waals surface area contributed by atoms with Gasteiger partial charge in [0, 0.05) is 13.1 Å². The number of hydrogen-bond donors (Lipinski definition) is 1. The van der Waals surface area contributed by atoms with E-state index in [0.29, 0.717) is 13.1 Å². The van der Waals surface area contributed by atoms with Crippen LogP contribution in [0.15, 0.2) is 52.3 Å². The molecule has 3 rings (SSSR count). The van der Waals surface area contributed by atoms with E-state index in [2.05, 4.69) is 4.72 Å². The van der Waals surface area contributed by atoms with Crippen molar-refractivity contribution in [1.82, 2.24) is 4.31 Å². The summed E-state index contributed by atoms with van der Waals surface area (Å²) in [5, 5.41) is 0. The standard InChI is InChI=1S/C18H21FN2O5S2/c1-2-26-17-9-8-15(13-18(17)28(24,25)21-10-3-4-11-21)20-27(22,23)16-7-5-6-14(19)12-16/h5-9,12-13,20H,2-4,10-11H2,1H3. The van der Waals surface area contributed by atoms with Crippen molar-refractivity contribution in [3.8, 4) is 5.75 Å². The summed E-state index contributed by atoms with van der Waals surface area (Å²) in [7, 11) is -7.91. The molecule has 1 N–H and O–H groups in total. The number of hydrogen-bond acceptors (Lipinski definition) is 5. The second-order valence-electron chi connectivity index (χ2n) is 6.27. The van der Waals surface area contributed by atoms with E-state index in [1.165, 1.54) is 34.6 Å². The Labute approximate surface area is 164 Å². The van der Waals surface area contributed by atoms with Crippen molar-refractivity contribution in [2.45, 2.75) is 29.6 Å². The van der Waals surface area contributed by atoms with Crippen LogP contribution in [0, 0.1) is 5.82 Å². The molecule has 0 radical (unpaired) electrons. The first-order valence-electron chi connectivity index (χ1n) is 8.79. The fraction of sp³-hybridized carbons (Fsp3) is 0.333. The lowest BCUT2D eigenvalue weighted by molar-refractivity contribution is 0.330. The van der Waals surface area contributed by atoms with Gasteiger partial charge in [0.25, 0.3) is 10.0 Å². The maximum absolute atomic E-state index is 13.4. The van der Waals surface area contributed by atoms with Crippen LogP contribution in [0.25, 0.3) is 0 Å². The molecule has 0 aromatic heterocycles. The van der Waals surface area contributed by atoms with Gasteiger partial charge in [0.05, 0.1) is 17.2 Å². The van der Waals surface area contributed by atoms with Crippen LogP contribution in [0.5, 0.6) is 5.75 Å². The van der Waals surface area contributed by atoms with Crippen LogP contribution in [0.3, 0.4) is 0 Å². The van der Waals surface area contributed by atoms with Gasteiger partial charge in [0.2, 0.25) is 10.0 Å². The Morgan fingerprint density at radius 3 is 2.43 bits per heavy atom. The molecule has 0 saturated carbocycles. The van der Waals surface area contributed by atoms with Gasteiger partial charge in [0.1, 0.15) is 16.5 Å². The zero-order chi connectivity index (χ0) is 20.4. The van der Waals surface area contributed by atoms with Crippen molar-refractivity contribution >= 4 is 25.7 Å². The molecule has 1 aliphatic rings. The van der Waals surface area contributed by atoms with Gasteiger partial charge in [0.15, 0.2) is 0 Å². The number of anilines is 1. The van der Waals surface area contributed by atoms with Crippen LogP contribution in [-0.4, -0.2) is 40.8 Å². The van der Waals surface area contributed by atoms with Crippen LogP contribution in [0.1, 0.15) is 19.8 Å². The van der Waals surface area contributed by atoms with Crippen molar-refractivity contribution in [2.75, 3.05) is 24.4 Å². The molecular weight excluding hydrogens is 407 g/mol. The van der Waals surface area contributed by atoms with Gasteiger partial charge < -0.3 is 4.74 Å². The Balaban J connectivity index is 1.99. The lowest BCUT2D eigenvalue weighted by Crippen LogP contribution is -2.28. The zero-order valence-corrected chi connectivity index (χ0v) is 16.9. The molecule has 0 amide bonds. The summed E-state index contributed by atoms with van der Waals surface area (Å²) in [6, 6.07) is 8.61. The highest BCUT2D eigenvalue weighted by Crippen LogP contribution is 2.32. The average molecular weight is 429 g/mol. The lowest BCUT2D eigenvalue weighted by Gasteiger charge is -2.19. The fourth-order valence-corrected chi connectivity index (χ4v) is 5.72. The summed E-state index contributed by atoms with van der Waals surface area (Å²) < 4.78 is 73.5. The van der Waals surface area contributed by atoms with Gasteiger partial charge in [-0.05, 0) is 56.2 Å². The smallest absolute Gasteiger partial charge is 0.261 e. The van der Waals surface area contributed by atoms with E-state index in [1.807, 2.05) is 0 Å². The van der Waals surface area contributed by atoms with Crippen LogP contribution < -0.4 is 9.46 Å².